The number of carbonyl (C=O) groups excluding carboxylic acids is 1. The van der Waals surface area contributed by atoms with E-state index < -0.39 is 0 Å². The number of carbonyl (C=O) groups is 1. The normalized spacial score (nSPS) is 14.5. The molecular weight excluding hydrogens is 357 g/mol. The number of nitrogens with zero attached hydrogens (tertiary/aromatic N) is 1. The number of pyridine rings is 1. The van der Waals surface area contributed by atoms with Crippen LogP contribution in [0.25, 0.3) is 0 Å². The second-order valence-electron chi connectivity index (χ2n) is 6.33. The Bertz CT molecular complexity index is 745. The van der Waals surface area contributed by atoms with Gasteiger partial charge in [0.25, 0.3) is 5.91 Å². The molecule has 4 nitrogen and oxygen atoms in total. The molecule has 0 aliphatic heterocycles. The van der Waals surface area contributed by atoms with Gasteiger partial charge in [0.2, 0.25) is 0 Å². The van der Waals surface area contributed by atoms with Gasteiger partial charge in [0.15, 0.2) is 0 Å². The van der Waals surface area contributed by atoms with Crippen LogP contribution in [-0.2, 0) is 6.42 Å². The predicted octanol–water partition coefficient (Wildman–Crippen LogP) is 4.72. The fourth-order valence-corrected chi connectivity index (χ4v) is 3.57. The van der Waals surface area contributed by atoms with E-state index in [0.717, 1.165) is 30.5 Å². The van der Waals surface area contributed by atoms with Gasteiger partial charge in [-0.15, -0.1) is 0 Å². The van der Waals surface area contributed by atoms with Crippen LogP contribution in [0.3, 0.4) is 0 Å². The third-order valence-corrected chi connectivity index (χ3v) is 5.02. The van der Waals surface area contributed by atoms with Crippen molar-refractivity contribution in [2.24, 2.45) is 0 Å². The maximum absolute atomic E-state index is 12.3. The van der Waals surface area contributed by atoms with Crippen LogP contribution in [0.2, 0.25) is 10.0 Å². The van der Waals surface area contributed by atoms with Gasteiger partial charge >= 0.3 is 0 Å². The summed E-state index contributed by atoms with van der Waals surface area (Å²) in [6.45, 7) is 0.691. The van der Waals surface area contributed by atoms with Gasteiger partial charge in [-0.2, -0.15) is 0 Å². The lowest BCUT2D eigenvalue weighted by Gasteiger charge is -2.13. The van der Waals surface area contributed by atoms with Crippen molar-refractivity contribution in [3.8, 4) is 0 Å². The summed E-state index contributed by atoms with van der Waals surface area (Å²) in [4.78, 5) is 16.5. The molecule has 3 rings (SSSR count). The number of hydrogen-bond acceptors (Lipinski definition) is 3. The molecule has 1 heterocycles. The van der Waals surface area contributed by atoms with E-state index in [1.165, 1.54) is 12.8 Å². The van der Waals surface area contributed by atoms with E-state index in [0.29, 0.717) is 28.2 Å². The largest absolute Gasteiger partial charge is 0.383 e. The van der Waals surface area contributed by atoms with E-state index in [1.54, 1.807) is 18.5 Å². The molecule has 2 aromatic rings. The zero-order chi connectivity index (χ0) is 17.6. The molecule has 132 valence electrons. The topological polar surface area (TPSA) is 54.0 Å². The van der Waals surface area contributed by atoms with Crippen LogP contribution in [0.4, 0.5) is 5.69 Å². The van der Waals surface area contributed by atoms with E-state index in [4.69, 9.17) is 23.2 Å². The van der Waals surface area contributed by atoms with E-state index in [-0.39, 0.29) is 5.91 Å². The first-order valence-electron chi connectivity index (χ1n) is 8.55. The minimum absolute atomic E-state index is 0.0520. The Balaban J connectivity index is 1.55. The SMILES string of the molecule is O=C(NC1CCCC1)c1cncc(NCCc2ccc(Cl)cc2Cl)c1. The van der Waals surface area contributed by atoms with Crippen LogP contribution in [0.1, 0.15) is 41.6 Å². The van der Waals surface area contributed by atoms with E-state index >= 15 is 0 Å². The average Bonchev–Trinajstić information content (AvgIpc) is 3.10. The molecule has 1 fully saturated rings. The van der Waals surface area contributed by atoms with Crippen molar-refractivity contribution in [1.82, 2.24) is 10.3 Å². The molecule has 1 amide bonds. The standard InChI is InChI=1S/C19H21Cl2N3O/c20-15-6-5-13(18(21)10-15)7-8-23-17-9-14(11-22-12-17)19(25)24-16-3-1-2-4-16/h5-6,9-12,16,23H,1-4,7-8H2,(H,24,25). The van der Waals surface area contributed by atoms with Crippen LogP contribution in [-0.4, -0.2) is 23.5 Å². The van der Waals surface area contributed by atoms with Crippen molar-refractivity contribution in [2.45, 2.75) is 38.1 Å². The first kappa shape index (κ1) is 18.0. The summed E-state index contributed by atoms with van der Waals surface area (Å²) in [6, 6.07) is 7.64. The molecule has 0 radical (unpaired) electrons. The summed E-state index contributed by atoms with van der Waals surface area (Å²) in [5.41, 5.74) is 2.44. The zero-order valence-electron chi connectivity index (χ0n) is 13.9. The van der Waals surface area contributed by atoms with Gasteiger partial charge in [0.05, 0.1) is 11.3 Å². The molecule has 1 saturated carbocycles. The number of anilines is 1. The predicted molar refractivity (Wildman–Crippen MR) is 103 cm³/mol. The number of hydrogen-bond donors (Lipinski definition) is 2. The molecule has 25 heavy (non-hydrogen) atoms. The summed E-state index contributed by atoms with van der Waals surface area (Å²) >= 11 is 12.1. The highest BCUT2D eigenvalue weighted by molar-refractivity contribution is 6.35. The first-order valence-corrected chi connectivity index (χ1v) is 9.31. The molecule has 0 bridgehead atoms. The van der Waals surface area contributed by atoms with Crippen LogP contribution >= 0.6 is 23.2 Å². The molecule has 0 spiro atoms. The maximum atomic E-state index is 12.3. The molecular formula is C19H21Cl2N3O. The van der Waals surface area contributed by atoms with Crippen LogP contribution in [0.15, 0.2) is 36.7 Å². The average molecular weight is 378 g/mol. The molecule has 1 aromatic carbocycles. The lowest BCUT2D eigenvalue weighted by Crippen LogP contribution is -2.32. The van der Waals surface area contributed by atoms with Crippen LogP contribution in [0.5, 0.6) is 0 Å². The van der Waals surface area contributed by atoms with Gasteiger partial charge < -0.3 is 10.6 Å². The number of aromatic nitrogens is 1. The van der Waals surface area contributed by atoms with Crippen molar-refractivity contribution in [3.63, 3.8) is 0 Å². The van der Waals surface area contributed by atoms with Crippen molar-refractivity contribution in [3.05, 3.63) is 57.8 Å². The second kappa shape index (κ2) is 8.54. The Hall–Kier alpha value is -1.78. The number of rotatable bonds is 6. The molecule has 1 aromatic heterocycles. The molecule has 1 aliphatic rings. The second-order valence-corrected chi connectivity index (χ2v) is 7.17. The van der Waals surface area contributed by atoms with Crippen molar-refractivity contribution in [1.29, 1.82) is 0 Å². The molecule has 0 atom stereocenters. The highest BCUT2D eigenvalue weighted by Gasteiger charge is 2.18. The Labute approximate surface area is 157 Å². The Morgan fingerprint density at radius 3 is 2.72 bits per heavy atom. The summed E-state index contributed by atoms with van der Waals surface area (Å²) in [5.74, 6) is -0.0520. The van der Waals surface area contributed by atoms with E-state index in [2.05, 4.69) is 15.6 Å². The highest BCUT2D eigenvalue weighted by atomic mass is 35.5. The van der Waals surface area contributed by atoms with Crippen molar-refractivity contribution < 1.29 is 4.79 Å². The number of halogens is 2. The van der Waals surface area contributed by atoms with Gasteiger partial charge in [-0.3, -0.25) is 9.78 Å². The molecule has 0 saturated heterocycles. The van der Waals surface area contributed by atoms with Gasteiger partial charge in [-0.1, -0.05) is 42.1 Å². The fraction of sp³-hybridized carbons (Fsp3) is 0.368. The Morgan fingerprint density at radius 1 is 1.16 bits per heavy atom. The highest BCUT2D eigenvalue weighted by Crippen LogP contribution is 2.22. The number of amides is 1. The van der Waals surface area contributed by atoms with E-state index in [9.17, 15) is 4.79 Å². The third-order valence-electron chi connectivity index (χ3n) is 4.43. The lowest BCUT2D eigenvalue weighted by molar-refractivity contribution is 0.0937. The first-order chi connectivity index (χ1) is 12.1. The van der Waals surface area contributed by atoms with E-state index in [1.807, 2.05) is 18.2 Å². The minimum Gasteiger partial charge on any atom is -0.383 e. The Kier molecular flexibility index (Phi) is 6.16. The molecule has 0 unspecified atom stereocenters. The lowest BCUT2D eigenvalue weighted by atomic mass is 10.1. The summed E-state index contributed by atoms with van der Waals surface area (Å²) in [6.07, 6.45) is 8.60. The number of nitrogens with one attached hydrogen (secondary N) is 2. The summed E-state index contributed by atoms with van der Waals surface area (Å²) in [5, 5.41) is 7.67. The summed E-state index contributed by atoms with van der Waals surface area (Å²) < 4.78 is 0. The van der Waals surface area contributed by atoms with Gasteiger partial charge in [-0.05, 0) is 43.0 Å². The number of benzene rings is 1. The molecule has 6 heteroatoms. The smallest absolute Gasteiger partial charge is 0.253 e. The fourth-order valence-electron chi connectivity index (χ4n) is 3.07. The van der Waals surface area contributed by atoms with Crippen molar-refractivity contribution in [2.75, 3.05) is 11.9 Å². The molecule has 1 aliphatic carbocycles. The minimum atomic E-state index is -0.0520. The summed E-state index contributed by atoms with van der Waals surface area (Å²) in [7, 11) is 0. The van der Waals surface area contributed by atoms with Crippen LogP contribution in [0, 0.1) is 0 Å². The monoisotopic (exact) mass is 377 g/mol. The third kappa shape index (κ3) is 5.10. The molecule has 2 N–H and O–H groups in total. The van der Waals surface area contributed by atoms with Gasteiger partial charge in [0.1, 0.15) is 0 Å². The van der Waals surface area contributed by atoms with Crippen molar-refractivity contribution >= 4 is 34.8 Å². The van der Waals surface area contributed by atoms with Gasteiger partial charge in [0, 0.05) is 35.0 Å². The zero-order valence-corrected chi connectivity index (χ0v) is 15.4. The maximum Gasteiger partial charge on any atom is 0.253 e. The van der Waals surface area contributed by atoms with Gasteiger partial charge in [-0.25, -0.2) is 0 Å². The Morgan fingerprint density at radius 2 is 1.96 bits per heavy atom. The quantitative estimate of drug-likeness (QED) is 0.765. The van der Waals surface area contributed by atoms with Crippen LogP contribution < -0.4 is 10.6 Å².